The van der Waals surface area contributed by atoms with Crippen molar-refractivity contribution < 1.29 is 4.79 Å². The number of rotatable bonds is 2. The van der Waals surface area contributed by atoms with Gasteiger partial charge in [-0.15, -0.1) is 0 Å². The van der Waals surface area contributed by atoms with Gasteiger partial charge in [-0.25, -0.2) is 0 Å². The van der Waals surface area contributed by atoms with E-state index in [2.05, 4.69) is 5.32 Å². The molecule has 2 nitrogen and oxygen atoms in total. The Kier molecular flexibility index (Phi) is 13.8. The molecule has 56 valence electrons. The van der Waals surface area contributed by atoms with Gasteiger partial charge in [-0.05, 0) is 6.26 Å². The third-order valence-electron chi connectivity index (χ3n) is 0.554. The lowest BCUT2D eigenvalue weighted by Crippen LogP contribution is -2.19. The van der Waals surface area contributed by atoms with Crippen LogP contribution in [0.3, 0.4) is 0 Å². The van der Waals surface area contributed by atoms with E-state index in [9.17, 15) is 4.79 Å². The van der Waals surface area contributed by atoms with Gasteiger partial charge in [0, 0.05) is 7.05 Å². The van der Waals surface area contributed by atoms with E-state index in [0.717, 1.165) is 0 Å². The third-order valence-corrected chi connectivity index (χ3v) is 1.11. The summed E-state index contributed by atoms with van der Waals surface area (Å²) in [7, 11) is 1.64. The average molecular weight is 149 g/mol. The van der Waals surface area contributed by atoms with Crippen LogP contribution in [0.1, 0.15) is 13.8 Å². The quantitative estimate of drug-likeness (QED) is 0.637. The van der Waals surface area contributed by atoms with E-state index in [0.29, 0.717) is 5.75 Å². The van der Waals surface area contributed by atoms with Crippen LogP contribution >= 0.6 is 11.8 Å². The van der Waals surface area contributed by atoms with Crippen LogP contribution < -0.4 is 5.32 Å². The van der Waals surface area contributed by atoms with Crippen LogP contribution in [0, 0.1) is 0 Å². The molecular formula is C6H15NOS. The van der Waals surface area contributed by atoms with Gasteiger partial charge in [0.15, 0.2) is 0 Å². The molecular weight excluding hydrogens is 134 g/mol. The number of thioether (sulfide) groups is 1. The van der Waals surface area contributed by atoms with Gasteiger partial charge in [0.25, 0.3) is 0 Å². The highest BCUT2D eigenvalue weighted by atomic mass is 32.2. The third kappa shape index (κ3) is 11.4. The van der Waals surface area contributed by atoms with Crippen molar-refractivity contribution >= 4 is 17.7 Å². The highest BCUT2D eigenvalue weighted by Crippen LogP contribution is 1.87. The summed E-state index contributed by atoms with van der Waals surface area (Å²) in [5.41, 5.74) is 0. The van der Waals surface area contributed by atoms with Gasteiger partial charge in [-0.1, -0.05) is 13.8 Å². The van der Waals surface area contributed by atoms with Crippen molar-refractivity contribution in [2.45, 2.75) is 13.8 Å². The Morgan fingerprint density at radius 3 is 2.11 bits per heavy atom. The Bertz CT molecular complexity index is 66.1. The smallest absolute Gasteiger partial charge is 0.229 e. The molecule has 0 unspecified atom stereocenters. The monoisotopic (exact) mass is 149 g/mol. The maximum atomic E-state index is 10.3. The molecule has 0 aliphatic rings. The first-order valence-electron chi connectivity index (χ1n) is 3.00. The van der Waals surface area contributed by atoms with Gasteiger partial charge in [-0.2, -0.15) is 11.8 Å². The normalized spacial score (nSPS) is 7.11. The van der Waals surface area contributed by atoms with Crippen molar-refractivity contribution in [3.63, 3.8) is 0 Å². The maximum absolute atomic E-state index is 10.3. The fraction of sp³-hybridized carbons (Fsp3) is 0.833. The summed E-state index contributed by atoms with van der Waals surface area (Å²) in [6.45, 7) is 4.00. The second-order valence-corrected chi connectivity index (χ2v) is 1.97. The van der Waals surface area contributed by atoms with Gasteiger partial charge >= 0.3 is 0 Å². The molecule has 0 heterocycles. The van der Waals surface area contributed by atoms with Crippen LogP contribution in [0.2, 0.25) is 0 Å². The van der Waals surface area contributed by atoms with E-state index in [1.165, 1.54) is 11.8 Å². The van der Waals surface area contributed by atoms with Crippen LogP contribution in [-0.2, 0) is 4.79 Å². The van der Waals surface area contributed by atoms with E-state index in [1.54, 1.807) is 7.05 Å². The van der Waals surface area contributed by atoms with E-state index in [-0.39, 0.29) is 5.91 Å². The van der Waals surface area contributed by atoms with Crippen molar-refractivity contribution in [1.29, 1.82) is 0 Å². The Hall–Kier alpha value is -0.180. The Morgan fingerprint density at radius 2 is 2.00 bits per heavy atom. The summed E-state index contributed by atoms with van der Waals surface area (Å²) >= 11 is 1.52. The second-order valence-electron chi connectivity index (χ2n) is 1.11. The molecule has 0 saturated carbocycles. The van der Waals surface area contributed by atoms with Crippen molar-refractivity contribution in [2.75, 3.05) is 19.1 Å². The SMILES string of the molecule is CC.CNC(=O)CSC. The van der Waals surface area contributed by atoms with E-state index >= 15 is 0 Å². The lowest BCUT2D eigenvalue weighted by atomic mass is 10.7. The standard InChI is InChI=1S/C4H9NOS.C2H6/c1-5-4(6)3-7-2;1-2/h3H2,1-2H3,(H,5,6);1-2H3. The molecule has 1 amide bonds. The fourth-order valence-electron chi connectivity index (χ4n) is 0.203. The minimum atomic E-state index is 0.0903. The summed E-state index contributed by atoms with van der Waals surface area (Å²) in [4.78, 5) is 10.3. The molecule has 0 atom stereocenters. The fourth-order valence-corrected chi connectivity index (χ4v) is 0.610. The highest BCUT2D eigenvalue weighted by molar-refractivity contribution is 7.99. The van der Waals surface area contributed by atoms with Crippen molar-refractivity contribution in [1.82, 2.24) is 5.32 Å². The van der Waals surface area contributed by atoms with Gasteiger partial charge < -0.3 is 5.32 Å². The molecule has 0 fully saturated rings. The zero-order valence-electron chi connectivity index (χ0n) is 6.52. The van der Waals surface area contributed by atoms with Crippen LogP contribution in [0.4, 0.5) is 0 Å². The van der Waals surface area contributed by atoms with Crippen molar-refractivity contribution in [2.24, 2.45) is 0 Å². The molecule has 0 aliphatic heterocycles. The number of nitrogens with one attached hydrogen (secondary N) is 1. The largest absolute Gasteiger partial charge is 0.358 e. The van der Waals surface area contributed by atoms with Gasteiger partial charge in [-0.3, -0.25) is 4.79 Å². The summed E-state index contributed by atoms with van der Waals surface area (Å²) in [6.07, 6.45) is 1.90. The topological polar surface area (TPSA) is 29.1 Å². The van der Waals surface area contributed by atoms with Crippen molar-refractivity contribution in [3.05, 3.63) is 0 Å². The Balaban J connectivity index is 0. The number of hydrogen-bond acceptors (Lipinski definition) is 2. The first-order valence-corrected chi connectivity index (χ1v) is 4.40. The second kappa shape index (κ2) is 10.7. The van der Waals surface area contributed by atoms with E-state index in [4.69, 9.17) is 0 Å². The lowest BCUT2D eigenvalue weighted by molar-refractivity contribution is -0.118. The molecule has 0 saturated heterocycles. The molecule has 0 aromatic rings. The van der Waals surface area contributed by atoms with Gasteiger partial charge in [0.05, 0.1) is 5.75 Å². The number of carbonyl (C=O) groups is 1. The summed E-state index contributed by atoms with van der Waals surface area (Å²) < 4.78 is 0. The Labute approximate surface area is 61.4 Å². The highest BCUT2D eigenvalue weighted by Gasteiger charge is 1.90. The van der Waals surface area contributed by atoms with Crippen LogP contribution in [-0.4, -0.2) is 25.0 Å². The molecule has 0 aromatic carbocycles. The molecule has 9 heavy (non-hydrogen) atoms. The van der Waals surface area contributed by atoms with Gasteiger partial charge in [0.1, 0.15) is 0 Å². The van der Waals surface area contributed by atoms with E-state index in [1.807, 2.05) is 20.1 Å². The number of amides is 1. The van der Waals surface area contributed by atoms with Crippen LogP contribution in [0.15, 0.2) is 0 Å². The minimum absolute atomic E-state index is 0.0903. The lowest BCUT2D eigenvalue weighted by Gasteiger charge is -1.91. The first kappa shape index (κ1) is 11.6. The Morgan fingerprint density at radius 1 is 1.56 bits per heavy atom. The molecule has 0 radical (unpaired) electrons. The van der Waals surface area contributed by atoms with E-state index < -0.39 is 0 Å². The molecule has 0 rings (SSSR count). The van der Waals surface area contributed by atoms with Crippen molar-refractivity contribution in [3.8, 4) is 0 Å². The summed E-state index contributed by atoms with van der Waals surface area (Å²) in [5, 5.41) is 2.51. The molecule has 1 N–H and O–H groups in total. The zero-order valence-corrected chi connectivity index (χ0v) is 7.34. The molecule has 3 heteroatoms. The summed E-state index contributed by atoms with van der Waals surface area (Å²) in [6, 6.07) is 0. The average Bonchev–Trinajstić information content (AvgIpc) is 1.93. The van der Waals surface area contributed by atoms with Crippen LogP contribution in [0.25, 0.3) is 0 Å². The predicted molar refractivity (Wildman–Crippen MR) is 43.8 cm³/mol. The number of hydrogen-bond donors (Lipinski definition) is 1. The molecule has 0 aliphatic carbocycles. The minimum Gasteiger partial charge on any atom is -0.358 e. The maximum Gasteiger partial charge on any atom is 0.229 e. The molecule has 0 bridgehead atoms. The summed E-state index contributed by atoms with van der Waals surface area (Å²) in [5.74, 6) is 0.656. The van der Waals surface area contributed by atoms with Crippen LogP contribution in [0.5, 0.6) is 0 Å². The zero-order chi connectivity index (χ0) is 7.70. The number of carbonyl (C=O) groups excluding carboxylic acids is 1. The first-order chi connectivity index (χ1) is 4.31. The predicted octanol–water partition coefficient (Wildman–Crippen LogP) is 1.12. The molecule has 0 aromatic heterocycles. The van der Waals surface area contributed by atoms with Gasteiger partial charge in [0.2, 0.25) is 5.91 Å². The molecule has 0 spiro atoms.